The number of likely N-dealkylation sites (tertiary alicyclic amines) is 2. The lowest BCUT2D eigenvalue weighted by Crippen LogP contribution is -2.51. The molecule has 4 rings (SSSR count). The van der Waals surface area contributed by atoms with Crippen LogP contribution in [0.3, 0.4) is 0 Å². The van der Waals surface area contributed by atoms with Crippen LogP contribution in [0, 0.1) is 11.8 Å². The van der Waals surface area contributed by atoms with E-state index in [-0.39, 0.29) is 11.8 Å². The summed E-state index contributed by atoms with van der Waals surface area (Å²) in [5.41, 5.74) is 2.89. The number of hydrogen-bond donors (Lipinski definition) is 1. The number of hydrogen-bond acceptors (Lipinski definition) is 5. The van der Waals surface area contributed by atoms with Gasteiger partial charge in [-0.05, 0) is 45.1 Å². The molecule has 0 radical (unpaired) electrons. The predicted molar refractivity (Wildman–Crippen MR) is 105 cm³/mol. The van der Waals surface area contributed by atoms with Gasteiger partial charge in [-0.1, -0.05) is 0 Å². The molecule has 2 aliphatic heterocycles. The van der Waals surface area contributed by atoms with Gasteiger partial charge < -0.3 is 10.2 Å². The van der Waals surface area contributed by atoms with Crippen molar-refractivity contribution in [2.75, 3.05) is 32.7 Å². The van der Waals surface area contributed by atoms with E-state index in [1.807, 2.05) is 10.9 Å². The van der Waals surface area contributed by atoms with Crippen LogP contribution in [-0.2, 0) is 16.0 Å². The standard InChI is InChI=1S/C20H30N4O2S/c25-19(21-8-5-17-13-27-14-22-17)16-2-1-9-24(12-16)18-6-10-23(11-7-18)20(26)15-3-4-15/h13-16,18H,1-12H2,(H,21,25)/t16-/m0/s1. The Kier molecular flexibility index (Phi) is 6.08. The summed E-state index contributed by atoms with van der Waals surface area (Å²) in [6, 6.07) is 0.527. The Balaban J connectivity index is 1.20. The van der Waals surface area contributed by atoms with Crippen LogP contribution in [0.2, 0.25) is 0 Å². The normalized spacial score (nSPS) is 24.7. The second-order valence-electron chi connectivity index (χ2n) is 8.19. The Morgan fingerprint density at radius 3 is 2.63 bits per heavy atom. The highest BCUT2D eigenvalue weighted by Crippen LogP contribution is 2.32. The van der Waals surface area contributed by atoms with E-state index in [1.54, 1.807) is 11.3 Å². The summed E-state index contributed by atoms with van der Waals surface area (Å²) in [5, 5.41) is 5.14. The highest BCUT2D eigenvalue weighted by molar-refractivity contribution is 7.07. The summed E-state index contributed by atoms with van der Waals surface area (Å²) in [6.07, 6.45) is 7.16. The molecule has 0 unspecified atom stereocenters. The van der Waals surface area contributed by atoms with Gasteiger partial charge in [-0.3, -0.25) is 14.5 Å². The zero-order valence-electron chi connectivity index (χ0n) is 15.9. The van der Waals surface area contributed by atoms with Gasteiger partial charge in [-0.15, -0.1) is 11.3 Å². The van der Waals surface area contributed by atoms with Crippen molar-refractivity contribution in [1.29, 1.82) is 0 Å². The molecule has 148 valence electrons. The fourth-order valence-electron chi connectivity index (χ4n) is 4.41. The van der Waals surface area contributed by atoms with E-state index < -0.39 is 0 Å². The molecule has 3 heterocycles. The van der Waals surface area contributed by atoms with Crippen LogP contribution in [0.5, 0.6) is 0 Å². The van der Waals surface area contributed by atoms with Gasteiger partial charge in [0.05, 0.1) is 17.1 Å². The van der Waals surface area contributed by atoms with Gasteiger partial charge in [0.15, 0.2) is 0 Å². The Labute approximate surface area is 165 Å². The molecule has 1 aromatic heterocycles. The summed E-state index contributed by atoms with van der Waals surface area (Å²) in [6.45, 7) is 4.40. The molecule has 6 nitrogen and oxygen atoms in total. The van der Waals surface area contributed by atoms with E-state index in [1.165, 1.54) is 0 Å². The van der Waals surface area contributed by atoms with Crippen LogP contribution in [0.25, 0.3) is 0 Å². The van der Waals surface area contributed by atoms with Gasteiger partial charge >= 0.3 is 0 Å². The molecule has 7 heteroatoms. The van der Waals surface area contributed by atoms with Crippen molar-refractivity contribution in [2.45, 2.75) is 51.0 Å². The number of amides is 2. The minimum absolute atomic E-state index is 0.0975. The minimum atomic E-state index is 0.0975. The molecule has 27 heavy (non-hydrogen) atoms. The van der Waals surface area contributed by atoms with Crippen LogP contribution in [0.1, 0.15) is 44.2 Å². The Hall–Kier alpha value is -1.47. The molecule has 1 aromatic rings. The molecule has 0 spiro atoms. The average molecular weight is 391 g/mol. The lowest BCUT2D eigenvalue weighted by Gasteiger charge is -2.42. The van der Waals surface area contributed by atoms with Crippen LogP contribution in [0.15, 0.2) is 10.9 Å². The monoisotopic (exact) mass is 390 g/mol. The third-order valence-electron chi connectivity index (χ3n) is 6.21. The summed E-state index contributed by atoms with van der Waals surface area (Å²) < 4.78 is 0. The molecular weight excluding hydrogens is 360 g/mol. The number of aromatic nitrogens is 1. The Morgan fingerprint density at radius 1 is 1.11 bits per heavy atom. The van der Waals surface area contributed by atoms with E-state index >= 15 is 0 Å². The van der Waals surface area contributed by atoms with Gasteiger partial charge in [-0.25, -0.2) is 4.98 Å². The zero-order chi connectivity index (χ0) is 18.6. The third-order valence-corrected chi connectivity index (χ3v) is 6.84. The van der Waals surface area contributed by atoms with E-state index in [0.717, 1.165) is 76.8 Å². The van der Waals surface area contributed by atoms with Crippen LogP contribution in [-0.4, -0.2) is 65.4 Å². The number of piperidine rings is 2. The Bertz CT molecular complexity index is 638. The molecule has 3 aliphatic rings. The highest BCUT2D eigenvalue weighted by Gasteiger charge is 2.37. The Morgan fingerprint density at radius 2 is 1.93 bits per heavy atom. The van der Waals surface area contributed by atoms with Gasteiger partial charge in [0, 0.05) is 49.9 Å². The molecule has 2 saturated heterocycles. The molecule has 1 N–H and O–H groups in total. The summed E-state index contributed by atoms with van der Waals surface area (Å²) in [4.78, 5) is 33.6. The second kappa shape index (κ2) is 8.69. The zero-order valence-corrected chi connectivity index (χ0v) is 16.8. The number of carbonyl (C=O) groups is 2. The van der Waals surface area contributed by atoms with E-state index in [9.17, 15) is 9.59 Å². The predicted octanol–water partition coefficient (Wildman–Crippen LogP) is 1.91. The lowest BCUT2D eigenvalue weighted by atomic mass is 9.93. The first-order valence-corrected chi connectivity index (χ1v) is 11.3. The highest BCUT2D eigenvalue weighted by atomic mass is 32.1. The fraction of sp³-hybridized carbons (Fsp3) is 0.750. The van der Waals surface area contributed by atoms with Crippen LogP contribution in [0.4, 0.5) is 0 Å². The summed E-state index contributed by atoms with van der Waals surface area (Å²) in [5.74, 6) is 0.995. The molecule has 1 atom stereocenters. The van der Waals surface area contributed by atoms with Crippen LogP contribution >= 0.6 is 11.3 Å². The number of carbonyl (C=O) groups excluding carboxylic acids is 2. The van der Waals surface area contributed by atoms with Crippen LogP contribution < -0.4 is 5.32 Å². The van der Waals surface area contributed by atoms with Gasteiger partial charge in [0.25, 0.3) is 0 Å². The first kappa shape index (κ1) is 18.9. The first-order chi connectivity index (χ1) is 13.2. The maximum Gasteiger partial charge on any atom is 0.225 e. The van der Waals surface area contributed by atoms with E-state index in [2.05, 4.69) is 20.1 Å². The molecule has 0 bridgehead atoms. The van der Waals surface area contributed by atoms with Crippen molar-refractivity contribution in [3.05, 3.63) is 16.6 Å². The van der Waals surface area contributed by atoms with Crippen molar-refractivity contribution in [1.82, 2.24) is 20.1 Å². The molecule has 1 saturated carbocycles. The molecular formula is C20H30N4O2S. The topological polar surface area (TPSA) is 65.5 Å². The molecule has 3 fully saturated rings. The number of rotatable bonds is 6. The van der Waals surface area contributed by atoms with Crippen molar-refractivity contribution in [3.8, 4) is 0 Å². The molecule has 1 aliphatic carbocycles. The summed E-state index contributed by atoms with van der Waals surface area (Å²) >= 11 is 1.59. The SMILES string of the molecule is O=C(NCCc1cscn1)[C@H]1CCCN(C2CCN(C(=O)C3CC3)CC2)C1. The third kappa shape index (κ3) is 4.88. The maximum atomic E-state index is 12.6. The smallest absolute Gasteiger partial charge is 0.225 e. The van der Waals surface area contributed by atoms with Crippen molar-refractivity contribution in [2.24, 2.45) is 11.8 Å². The number of nitrogens with one attached hydrogen (secondary N) is 1. The van der Waals surface area contributed by atoms with Crippen molar-refractivity contribution in [3.63, 3.8) is 0 Å². The van der Waals surface area contributed by atoms with Crippen molar-refractivity contribution < 1.29 is 9.59 Å². The average Bonchev–Trinajstić information content (AvgIpc) is 3.44. The molecule has 0 aromatic carbocycles. The second-order valence-corrected chi connectivity index (χ2v) is 8.90. The van der Waals surface area contributed by atoms with E-state index in [0.29, 0.717) is 24.4 Å². The lowest BCUT2D eigenvalue weighted by molar-refractivity contribution is -0.134. The van der Waals surface area contributed by atoms with Gasteiger partial charge in [0.1, 0.15) is 0 Å². The van der Waals surface area contributed by atoms with E-state index in [4.69, 9.17) is 0 Å². The maximum absolute atomic E-state index is 12.6. The first-order valence-electron chi connectivity index (χ1n) is 10.4. The van der Waals surface area contributed by atoms with Gasteiger partial charge in [0.2, 0.25) is 11.8 Å². The van der Waals surface area contributed by atoms with Crippen molar-refractivity contribution >= 4 is 23.2 Å². The largest absolute Gasteiger partial charge is 0.355 e. The number of nitrogens with zero attached hydrogens (tertiary/aromatic N) is 3. The van der Waals surface area contributed by atoms with Gasteiger partial charge in [-0.2, -0.15) is 0 Å². The minimum Gasteiger partial charge on any atom is -0.355 e. The molecule has 2 amide bonds. The number of thiazole rings is 1. The quantitative estimate of drug-likeness (QED) is 0.806. The summed E-state index contributed by atoms with van der Waals surface area (Å²) in [7, 11) is 0. The fourth-order valence-corrected chi connectivity index (χ4v) is 5.00.